The Balaban J connectivity index is 0.000000659. The van der Waals surface area contributed by atoms with Crippen LogP contribution >= 0.6 is 0 Å². The van der Waals surface area contributed by atoms with Crippen molar-refractivity contribution in [2.24, 2.45) is 5.92 Å². The first kappa shape index (κ1) is 19.6. The summed E-state index contributed by atoms with van der Waals surface area (Å²) >= 11 is 0. The van der Waals surface area contributed by atoms with Crippen molar-refractivity contribution in [3.05, 3.63) is 41.6 Å². The molecule has 1 aliphatic heterocycles. The quantitative estimate of drug-likeness (QED) is 0.875. The summed E-state index contributed by atoms with van der Waals surface area (Å²) in [5.41, 5.74) is 5.21. The van der Waals surface area contributed by atoms with Crippen molar-refractivity contribution in [2.45, 2.75) is 33.2 Å². The number of carbonyl (C=O) groups excluding carboxylic acids is 1. The predicted octanol–water partition coefficient (Wildman–Crippen LogP) is 2.90. The number of nitrogens with one attached hydrogen (secondary N) is 1. The van der Waals surface area contributed by atoms with Crippen molar-refractivity contribution in [3.8, 4) is 0 Å². The van der Waals surface area contributed by atoms with Crippen molar-refractivity contribution >= 4 is 22.4 Å². The summed E-state index contributed by atoms with van der Waals surface area (Å²) in [6.07, 6.45) is 5.41. The Morgan fingerprint density at radius 3 is 2.67 bits per heavy atom. The molecule has 27 heavy (non-hydrogen) atoms. The van der Waals surface area contributed by atoms with E-state index >= 15 is 0 Å². The zero-order valence-corrected chi connectivity index (χ0v) is 16.8. The van der Waals surface area contributed by atoms with Crippen molar-refractivity contribution in [3.63, 3.8) is 0 Å². The number of aromatic nitrogens is 1. The number of aromatic amines is 1. The number of nitrogens with zero attached hydrogens (tertiary/aromatic N) is 2. The van der Waals surface area contributed by atoms with Gasteiger partial charge in [-0.3, -0.25) is 9.69 Å². The third-order valence-corrected chi connectivity index (χ3v) is 5.66. The number of amides is 1. The molecule has 0 radical (unpaired) electrons. The Labute approximate surface area is 161 Å². The first-order valence-electron chi connectivity index (χ1n) is 9.96. The van der Waals surface area contributed by atoms with Gasteiger partial charge < -0.3 is 15.0 Å². The summed E-state index contributed by atoms with van der Waals surface area (Å²) in [5, 5.41) is 8.91. The van der Waals surface area contributed by atoms with Crippen LogP contribution in [-0.4, -0.2) is 65.1 Å². The van der Waals surface area contributed by atoms with Crippen LogP contribution in [0.5, 0.6) is 0 Å². The Kier molecular flexibility index (Phi) is 6.02. The van der Waals surface area contributed by atoms with E-state index in [0.717, 1.165) is 26.1 Å². The summed E-state index contributed by atoms with van der Waals surface area (Å²) in [7, 11) is 2.15. The normalized spacial score (nSPS) is 21.1. The molecule has 1 aromatic carbocycles. The highest BCUT2D eigenvalue weighted by molar-refractivity contribution is 5.99. The smallest absolute Gasteiger partial charge is 0.230 e. The molecule has 4 rings (SSSR count). The molecule has 0 spiro atoms. The molecule has 0 bridgehead atoms. The number of aliphatic hydroxyl groups is 1. The van der Waals surface area contributed by atoms with Gasteiger partial charge in [0, 0.05) is 49.4 Å². The number of benzene rings is 1. The summed E-state index contributed by atoms with van der Waals surface area (Å²) < 4.78 is 0. The first-order valence-corrected chi connectivity index (χ1v) is 9.96. The lowest BCUT2D eigenvalue weighted by Crippen LogP contribution is -2.47. The Bertz CT molecular complexity index is 835. The maximum Gasteiger partial charge on any atom is 0.230 e. The van der Waals surface area contributed by atoms with Crippen LogP contribution in [0.15, 0.2) is 30.5 Å². The van der Waals surface area contributed by atoms with Gasteiger partial charge in [-0.25, -0.2) is 0 Å². The highest BCUT2D eigenvalue weighted by Gasteiger charge is 2.36. The average molecular weight is 370 g/mol. The maximum absolute atomic E-state index is 12.9. The fourth-order valence-corrected chi connectivity index (χ4v) is 4.38. The second-order valence-corrected chi connectivity index (χ2v) is 7.26. The minimum Gasteiger partial charge on any atom is -0.397 e. The number of H-pyrrole nitrogens is 1. The van der Waals surface area contributed by atoms with Gasteiger partial charge in [0.15, 0.2) is 0 Å². The van der Waals surface area contributed by atoms with Gasteiger partial charge in [-0.1, -0.05) is 18.2 Å². The number of carbonyl (C=O) groups is 1. The van der Waals surface area contributed by atoms with Crippen LogP contribution < -0.4 is 0 Å². The minimum absolute atomic E-state index is 0.0445. The summed E-state index contributed by atoms with van der Waals surface area (Å²) in [6, 6.07) is 6.82. The number of aliphatic hydroxyl groups excluding tert-OH is 1. The molecular weight excluding hydrogens is 338 g/mol. The number of hydrogen-bond acceptors (Lipinski definition) is 3. The van der Waals surface area contributed by atoms with E-state index in [9.17, 15) is 4.79 Å². The second-order valence-electron chi connectivity index (χ2n) is 7.26. The van der Waals surface area contributed by atoms with Crippen molar-refractivity contribution in [1.29, 1.82) is 0 Å². The van der Waals surface area contributed by atoms with Crippen LogP contribution in [0, 0.1) is 5.92 Å². The molecule has 2 aromatic rings. The third-order valence-electron chi connectivity index (χ3n) is 5.66. The van der Waals surface area contributed by atoms with Crippen LogP contribution in [0.25, 0.3) is 16.5 Å². The molecular formula is C22H31N3O2. The van der Waals surface area contributed by atoms with Gasteiger partial charge in [0.25, 0.3) is 0 Å². The molecule has 5 heteroatoms. The largest absolute Gasteiger partial charge is 0.397 e. The van der Waals surface area contributed by atoms with E-state index in [1.54, 1.807) is 6.92 Å². The van der Waals surface area contributed by atoms with Crippen LogP contribution in [-0.2, 0) is 11.2 Å². The van der Waals surface area contributed by atoms with Crippen molar-refractivity contribution in [2.75, 3.05) is 33.3 Å². The fraction of sp³-hybridized carbons (Fsp3) is 0.500. The van der Waals surface area contributed by atoms with Crippen LogP contribution in [0.2, 0.25) is 0 Å². The summed E-state index contributed by atoms with van der Waals surface area (Å²) in [5.74, 6) is 0.210. The molecule has 2 aliphatic rings. The Hall–Kier alpha value is -2.11. The lowest BCUT2D eigenvalue weighted by Gasteiger charge is -2.40. The number of hydrogen-bond donors (Lipinski definition) is 2. The van der Waals surface area contributed by atoms with E-state index in [-0.39, 0.29) is 18.4 Å². The van der Waals surface area contributed by atoms with E-state index in [2.05, 4.69) is 61.3 Å². The minimum atomic E-state index is -0.0445. The van der Waals surface area contributed by atoms with Crippen LogP contribution in [0.3, 0.4) is 0 Å². The van der Waals surface area contributed by atoms with Crippen molar-refractivity contribution < 1.29 is 9.90 Å². The van der Waals surface area contributed by atoms with Crippen molar-refractivity contribution in [1.82, 2.24) is 14.8 Å². The molecule has 0 unspecified atom stereocenters. The number of likely N-dealkylation sites (N-methyl/N-ethyl adjacent to an activating group) is 1. The zero-order chi connectivity index (χ0) is 19.6. The summed E-state index contributed by atoms with van der Waals surface area (Å²) in [4.78, 5) is 20.6. The molecule has 2 heterocycles. The van der Waals surface area contributed by atoms with E-state index < -0.39 is 0 Å². The molecule has 1 amide bonds. The molecule has 146 valence electrons. The SMILES string of the molecule is CCN(CC)C(=O)[C@@H]1C=C2c3cccc4[nH]cc(c34)C[C@H]2N(C)C1.CCO. The molecule has 1 aliphatic carbocycles. The second kappa shape index (κ2) is 8.28. The lowest BCUT2D eigenvalue weighted by molar-refractivity contribution is -0.134. The Morgan fingerprint density at radius 1 is 1.30 bits per heavy atom. The van der Waals surface area contributed by atoms with Gasteiger partial charge in [-0.15, -0.1) is 0 Å². The molecule has 0 fully saturated rings. The van der Waals surface area contributed by atoms with E-state index in [1.165, 1.54) is 27.6 Å². The van der Waals surface area contributed by atoms with E-state index in [0.29, 0.717) is 6.04 Å². The van der Waals surface area contributed by atoms with Gasteiger partial charge >= 0.3 is 0 Å². The monoisotopic (exact) mass is 369 g/mol. The highest BCUT2D eigenvalue weighted by Crippen LogP contribution is 2.40. The Morgan fingerprint density at radius 2 is 2.00 bits per heavy atom. The molecule has 2 atom stereocenters. The van der Waals surface area contributed by atoms with Gasteiger partial charge in [0.05, 0.1) is 5.92 Å². The van der Waals surface area contributed by atoms with Crippen LogP contribution in [0.4, 0.5) is 0 Å². The van der Waals surface area contributed by atoms with E-state index in [1.807, 2.05) is 4.90 Å². The van der Waals surface area contributed by atoms with Gasteiger partial charge in [-0.05, 0) is 57.0 Å². The topological polar surface area (TPSA) is 59.6 Å². The lowest BCUT2D eigenvalue weighted by atomic mass is 9.79. The number of fused-ring (bicyclic) bond motifs is 2. The average Bonchev–Trinajstić information content (AvgIpc) is 3.08. The van der Waals surface area contributed by atoms with E-state index in [4.69, 9.17) is 5.11 Å². The van der Waals surface area contributed by atoms with Crippen LogP contribution in [0.1, 0.15) is 31.9 Å². The highest BCUT2D eigenvalue weighted by atomic mass is 16.2. The molecule has 2 N–H and O–H groups in total. The molecule has 5 nitrogen and oxygen atoms in total. The maximum atomic E-state index is 12.9. The third kappa shape index (κ3) is 3.54. The molecule has 0 saturated heterocycles. The summed E-state index contributed by atoms with van der Waals surface area (Å²) in [6.45, 7) is 8.40. The molecule has 1 aromatic heterocycles. The van der Waals surface area contributed by atoms with Gasteiger partial charge in [-0.2, -0.15) is 0 Å². The zero-order valence-electron chi connectivity index (χ0n) is 16.8. The first-order chi connectivity index (χ1) is 13.0. The predicted molar refractivity (Wildman–Crippen MR) is 111 cm³/mol. The standard InChI is InChI=1S/C20H25N3O.C2H6O/c1-4-23(5-2)20(24)14-9-16-15-7-6-8-17-19(15)13(11-21-17)10-18(16)22(3)12-14;1-2-3/h6-9,11,14,18,21H,4-5,10,12H2,1-3H3;3H,2H2,1H3/t14-,18-;/m1./s1. The van der Waals surface area contributed by atoms with Gasteiger partial charge in [0.2, 0.25) is 5.91 Å². The fourth-order valence-electron chi connectivity index (χ4n) is 4.38. The van der Waals surface area contributed by atoms with Gasteiger partial charge in [0.1, 0.15) is 0 Å². The number of rotatable bonds is 3. The molecule has 0 saturated carbocycles.